The van der Waals surface area contributed by atoms with Crippen LogP contribution in [-0.2, 0) is 23.9 Å². The van der Waals surface area contributed by atoms with Crippen LogP contribution >= 0.6 is 11.8 Å². The highest BCUT2D eigenvalue weighted by Crippen LogP contribution is 2.08. The van der Waals surface area contributed by atoms with Crippen LogP contribution in [0.5, 0.6) is 0 Å². The Labute approximate surface area is 134 Å². The Morgan fingerprint density at radius 1 is 1.18 bits per heavy atom. The lowest BCUT2D eigenvalue weighted by molar-refractivity contribution is -0.154. The number of nitrogens with two attached hydrogens (primary N) is 2. The van der Waals surface area contributed by atoms with E-state index in [1.165, 1.54) is 25.6 Å². The first kappa shape index (κ1) is 20.7. The first-order chi connectivity index (χ1) is 10.4. The second-order valence-electron chi connectivity index (χ2n) is 4.61. The molecule has 0 rings (SSSR count). The van der Waals surface area contributed by atoms with Crippen molar-refractivity contribution in [3.63, 3.8) is 0 Å². The number of nitrogens with one attached hydrogen (secondary N) is 1. The van der Waals surface area contributed by atoms with Crippen molar-refractivity contribution in [3.05, 3.63) is 0 Å². The lowest BCUT2D eigenvalue weighted by Gasteiger charge is -2.17. The summed E-state index contributed by atoms with van der Waals surface area (Å²) in [5.41, 5.74) is 11.1. The van der Waals surface area contributed by atoms with Gasteiger partial charge in [-0.25, -0.2) is 0 Å². The SMILES string of the molecule is CC(=O)OCC(CSCC(N)C(=O)NCCCN)OC(C)=O. The van der Waals surface area contributed by atoms with E-state index in [1.807, 2.05) is 0 Å². The second-order valence-corrected chi connectivity index (χ2v) is 5.69. The fourth-order valence-corrected chi connectivity index (χ4v) is 2.38. The van der Waals surface area contributed by atoms with Gasteiger partial charge in [0.15, 0.2) is 0 Å². The summed E-state index contributed by atoms with van der Waals surface area (Å²) in [6, 6.07) is -0.658. The number of amides is 1. The van der Waals surface area contributed by atoms with Crippen LogP contribution in [0.25, 0.3) is 0 Å². The molecule has 5 N–H and O–H groups in total. The Kier molecular flexibility index (Phi) is 11.5. The van der Waals surface area contributed by atoms with E-state index in [0.717, 1.165) is 0 Å². The predicted octanol–water partition coefficient (Wildman–Crippen LogP) is -0.993. The summed E-state index contributed by atoms with van der Waals surface area (Å²) in [5, 5.41) is 2.68. The normalized spacial score (nSPS) is 13.1. The third-order valence-electron chi connectivity index (χ3n) is 2.42. The molecule has 2 unspecified atom stereocenters. The van der Waals surface area contributed by atoms with E-state index in [0.29, 0.717) is 31.0 Å². The van der Waals surface area contributed by atoms with Crippen LogP contribution in [0.1, 0.15) is 20.3 Å². The Morgan fingerprint density at radius 3 is 2.41 bits per heavy atom. The van der Waals surface area contributed by atoms with Gasteiger partial charge in [0.25, 0.3) is 0 Å². The maximum absolute atomic E-state index is 11.6. The third kappa shape index (κ3) is 11.4. The zero-order valence-corrected chi connectivity index (χ0v) is 13.8. The van der Waals surface area contributed by atoms with Gasteiger partial charge < -0.3 is 26.3 Å². The fourth-order valence-electron chi connectivity index (χ4n) is 1.41. The highest BCUT2D eigenvalue weighted by atomic mass is 32.2. The van der Waals surface area contributed by atoms with Gasteiger partial charge in [0.1, 0.15) is 12.7 Å². The zero-order chi connectivity index (χ0) is 17.0. The lowest BCUT2D eigenvalue weighted by atomic mass is 10.3. The van der Waals surface area contributed by atoms with E-state index in [9.17, 15) is 14.4 Å². The molecule has 0 spiro atoms. The number of carbonyl (C=O) groups excluding carboxylic acids is 3. The van der Waals surface area contributed by atoms with Crippen molar-refractivity contribution < 1.29 is 23.9 Å². The monoisotopic (exact) mass is 335 g/mol. The van der Waals surface area contributed by atoms with Crippen LogP contribution in [-0.4, -0.2) is 61.2 Å². The molecule has 0 aliphatic carbocycles. The molecular formula is C13H25N3O5S. The van der Waals surface area contributed by atoms with Gasteiger partial charge in [-0.2, -0.15) is 11.8 Å². The Hall–Kier alpha value is -1.32. The molecule has 0 aromatic rings. The molecule has 22 heavy (non-hydrogen) atoms. The summed E-state index contributed by atoms with van der Waals surface area (Å²) in [4.78, 5) is 33.4. The van der Waals surface area contributed by atoms with E-state index in [1.54, 1.807) is 0 Å². The van der Waals surface area contributed by atoms with Crippen molar-refractivity contribution >= 4 is 29.6 Å². The van der Waals surface area contributed by atoms with E-state index < -0.39 is 24.1 Å². The molecule has 1 amide bonds. The molecule has 0 aromatic carbocycles. The molecule has 9 heteroatoms. The summed E-state index contributed by atoms with van der Waals surface area (Å²) in [6.07, 6.45) is 0.140. The largest absolute Gasteiger partial charge is 0.462 e. The number of ether oxygens (including phenoxy) is 2. The van der Waals surface area contributed by atoms with Gasteiger partial charge >= 0.3 is 11.9 Å². The van der Waals surface area contributed by atoms with E-state index in [4.69, 9.17) is 20.9 Å². The molecule has 2 atom stereocenters. The summed E-state index contributed by atoms with van der Waals surface area (Å²) < 4.78 is 9.85. The van der Waals surface area contributed by atoms with Crippen molar-refractivity contribution in [1.82, 2.24) is 5.32 Å². The molecule has 0 fully saturated rings. The highest BCUT2D eigenvalue weighted by Gasteiger charge is 2.17. The number of hydrogen-bond donors (Lipinski definition) is 3. The summed E-state index contributed by atoms with van der Waals surface area (Å²) >= 11 is 1.35. The minimum absolute atomic E-state index is 0.0140. The molecule has 0 aliphatic rings. The first-order valence-electron chi connectivity index (χ1n) is 6.98. The van der Waals surface area contributed by atoms with Gasteiger partial charge in [0, 0.05) is 31.9 Å². The molecule has 0 saturated carbocycles. The maximum Gasteiger partial charge on any atom is 0.303 e. The number of esters is 2. The zero-order valence-electron chi connectivity index (χ0n) is 13.0. The molecular weight excluding hydrogens is 310 g/mol. The Morgan fingerprint density at radius 2 is 1.86 bits per heavy atom. The second kappa shape index (κ2) is 12.2. The minimum atomic E-state index is -0.658. The van der Waals surface area contributed by atoms with Crippen LogP contribution in [0.15, 0.2) is 0 Å². The summed E-state index contributed by atoms with van der Waals surface area (Å²) in [6.45, 7) is 3.54. The standard InChI is InChI=1S/C13H25N3O5S/c1-9(17)20-6-11(21-10(2)18)7-22-8-12(15)13(19)16-5-3-4-14/h11-12H,3-8,14-15H2,1-2H3,(H,16,19). The quantitative estimate of drug-likeness (QED) is 0.323. The topological polar surface area (TPSA) is 134 Å². The number of carbonyl (C=O) groups is 3. The van der Waals surface area contributed by atoms with Crippen LogP contribution in [0.4, 0.5) is 0 Å². The van der Waals surface area contributed by atoms with Crippen LogP contribution in [0, 0.1) is 0 Å². The number of thioether (sulfide) groups is 1. The highest BCUT2D eigenvalue weighted by molar-refractivity contribution is 7.99. The van der Waals surface area contributed by atoms with Crippen molar-refractivity contribution in [2.75, 3.05) is 31.2 Å². The summed E-state index contributed by atoms with van der Waals surface area (Å²) in [5.74, 6) is -0.396. The van der Waals surface area contributed by atoms with Gasteiger partial charge in [0.05, 0.1) is 6.04 Å². The van der Waals surface area contributed by atoms with Crippen molar-refractivity contribution in [2.24, 2.45) is 11.5 Å². The fraction of sp³-hybridized carbons (Fsp3) is 0.769. The molecule has 0 heterocycles. The van der Waals surface area contributed by atoms with Gasteiger partial charge in [-0.1, -0.05) is 0 Å². The predicted molar refractivity (Wildman–Crippen MR) is 84.2 cm³/mol. The number of rotatable bonds is 11. The molecule has 0 aliphatic heterocycles. The Balaban J connectivity index is 4.05. The molecule has 128 valence electrons. The van der Waals surface area contributed by atoms with E-state index in [-0.39, 0.29) is 12.5 Å². The van der Waals surface area contributed by atoms with Gasteiger partial charge in [-0.15, -0.1) is 0 Å². The van der Waals surface area contributed by atoms with E-state index in [2.05, 4.69) is 5.32 Å². The molecule has 8 nitrogen and oxygen atoms in total. The van der Waals surface area contributed by atoms with Crippen molar-refractivity contribution in [2.45, 2.75) is 32.4 Å². The lowest BCUT2D eigenvalue weighted by Crippen LogP contribution is -2.43. The van der Waals surface area contributed by atoms with Crippen molar-refractivity contribution in [1.29, 1.82) is 0 Å². The molecule has 0 bridgehead atoms. The number of hydrogen-bond acceptors (Lipinski definition) is 8. The minimum Gasteiger partial charge on any atom is -0.462 e. The average molecular weight is 335 g/mol. The molecule has 0 saturated heterocycles. The van der Waals surface area contributed by atoms with Crippen LogP contribution in [0.2, 0.25) is 0 Å². The maximum atomic E-state index is 11.6. The smallest absolute Gasteiger partial charge is 0.303 e. The first-order valence-corrected chi connectivity index (χ1v) is 8.14. The van der Waals surface area contributed by atoms with Gasteiger partial charge in [-0.3, -0.25) is 14.4 Å². The van der Waals surface area contributed by atoms with Gasteiger partial charge in [-0.05, 0) is 13.0 Å². The van der Waals surface area contributed by atoms with Crippen LogP contribution in [0.3, 0.4) is 0 Å². The van der Waals surface area contributed by atoms with Crippen molar-refractivity contribution in [3.8, 4) is 0 Å². The molecule has 0 radical (unpaired) electrons. The van der Waals surface area contributed by atoms with E-state index >= 15 is 0 Å². The average Bonchev–Trinajstić information content (AvgIpc) is 2.43. The Bertz CT molecular complexity index is 368. The third-order valence-corrected chi connectivity index (χ3v) is 3.63. The van der Waals surface area contributed by atoms with Gasteiger partial charge in [0.2, 0.25) is 5.91 Å². The van der Waals surface area contributed by atoms with Crippen LogP contribution < -0.4 is 16.8 Å². The molecule has 0 aromatic heterocycles. The summed E-state index contributed by atoms with van der Waals surface area (Å²) in [7, 11) is 0.